The van der Waals surface area contributed by atoms with E-state index in [1.165, 1.54) is 6.42 Å². The predicted molar refractivity (Wildman–Crippen MR) is 75.4 cm³/mol. The molecule has 2 saturated heterocycles. The maximum absolute atomic E-state index is 12.7. The number of halogens is 1. The highest BCUT2D eigenvalue weighted by Gasteiger charge is 2.52. The molecule has 6 heteroatoms. The van der Waals surface area contributed by atoms with Crippen molar-refractivity contribution in [3.05, 3.63) is 0 Å². The van der Waals surface area contributed by atoms with Crippen molar-refractivity contribution in [3.8, 4) is 0 Å². The molecule has 3 fully saturated rings. The summed E-state index contributed by atoms with van der Waals surface area (Å²) in [6.07, 6.45) is 4.70. The van der Waals surface area contributed by atoms with Gasteiger partial charge in [0, 0.05) is 6.54 Å². The van der Waals surface area contributed by atoms with E-state index in [0.717, 1.165) is 25.7 Å². The van der Waals surface area contributed by atoms with Crippen molar-refractivity contribution in [2.45, 2.75) is 61.8 Å². The number of ether oxygens (including phenoxy) is 1. The summed E-state index contributed by atoms with van der Waals surface area (Å²) in [7, 11) is 0. The first-order chi connectivity index (χ1) is 9.59. The lowest BCUT2D eigenvalue weighted by molar-refractivity contribution is -0.136. The van der Waals surface area contributed by atoms with E-state index in [9.17, 15) is 9.90 Å². The lowest BCUT2D eigenvalue weighted by atomic mass is 9.83. The molecule has 5 atom stereocenters. The second-order valence-electron chi connectivity index (χ2n) is 6.29. The number of alkyl halides is 1. The van der Waals surface area contributed by atoms with Crippen molar-refractivity contribution in [3.63, 3.8) is 0 Å². The topological polar surface area (TPSA) is 75.8 Å². The lowest BCUT2D eigenvalue weighted by Crippen LogP contribution is -2.53. The Bertz CT molecular complexity index is 375. The summed E-state index contributed by atoms with van der Waals surface area (Å²) in [5.74, 6) is 0.197. The van der Waals surface area contributed by atoms with Gasteiger partial charge in [0.15, 0.2) is 0 Å². The van der Waals surface area contributed by atoms with E-state index in [2.05, 4.69) is 0 Å². The highest BCUT2D eigenvalue weighted by molar-refractivity contribution is 6.21. The number of nitrogens with zero attached hydrogens (tertiary/aromatic N) is 1. The van der Waals surface area contributed by atoms with Crippen molar-refractivity contribution >= 4 is 17.5 Å². The van der Waals surface area contributed by atoms with Gasteiger partial charge in [-0.3, -0.25) is 4.79 Å². The number of nitrogens with two attached hydrogens (primary N) is 1. The van der Waals surface area contributed by atoms with Gasteiger partial charge < -0.3 is 20.5 Å². The number of hydrogen-bond donors (Lipinski definition) is 2. The van der Waals surface area contributed by atoms with Gasteiger partial charge in [-0.05, 0) is 18.8 Å². The van der Waals surface area contributed by atoms with Crippen LogP contribution < -0.4 is 5.73 Å². The Morgan fingerprint density at radius 3 is 2.75 bits per heavy atom. The fraction of sp³-hybridized carbons (Fsp3) is 0.929. The van der Waals surface area contributed by atoms with Crippen LogP contribution in [0.1, 0.15) is 32.1 Å². The molecule has 3 rings (SSSR count). The molecule has 0 aromatic rings. The molecule has 20 heavy (non-hydrogen) atoms. The van der Waals surface area contributed by atoms with Gasteiger partial charge in [0.25, 0.3) is 0 Å². The highest BCUT2D eigenvalue weighted by atomic mass is 35.5. The molecule has 114 valence electrons. The largest absolute Gasteiger partial charge is 0.388 e. The number of aliphatic hydroxyl groups excluding tert-OH is 1. The summed E-state index contributed by atoms with van der Waals surface area (Å²) < 4.78 is 5.49. The van der Waals surface area contributed by atoms with Crippen LogP contribution in [0, 0.1) is 5.92 Å². The van der Waals surface area contributed by atoms with Gasteiger partial charge in [-0.1, -0.05) is 19.3 Å². The standard InChI is InChI=1S/C14H23ClN2O3/c15-9-6-17(12-10(18)7-20-13(9)12)14(19)11(16)8-4-2-1-3-5-8/h8-13,18H,1-7,16H2/t9-,10-,11?,12+,13+/m0/s1. The molecule has 5 nitrogen and oxygen atoms in total. The summed E-state index contributed by atoms with van der Waals surface area (Å²) >= 11 is 6.24. The van der Waals surface area contributed by atoms with Gasteiger partial charge in [-0.2, -0.15) is 0 Å². The van der Waals surface area contributed by atoms with Gasteiger partial charge in [-0.25, -0.2) is 0 Å². The first-order valence-electron chi connectivity index (χ1n) is 7.59. The van der Waals surface area contributed by atoms with Crippen molar-refractivity contribution in [1.82, 2.24) is 4.90 Å². The molecule has 1 amide bonds. The fourth-order valence-electron chi connectivity index (χ4n) is 3.87. The van der Waals surface area contributed by atoms with Gasteiger partial charge in [-0.15, -0.1) is 11.6 Å². The molecule has 3 aliphatic rings. The fourth-order valence-corrected chi connectivity index (χ4v) is 4.24. The molecule has 0 aromatic carbocycles. The molecular weight excluding hydrogens is 280 g/mol. The second kappa shape index (κ2) is 5.79. The van der Waals surface area contributed by atoms with Crippen molar-refractivity contribution in [2.75, 3.05) is 13.2 Å². The van der Waals surface area contributed by atoms with Crippen LogP contribution in [0.3, 0.4) is 0 Å². The number of carbonyl (C=O) groups is 1. The SMILES string of the molecule is NC(C(=O)N1C[C@H](Cl)[C@H]2OC[C@H](O)[C@H]21)C1CCCCC1. The van der Waals surface area contributed by atoms with E-state index in [0.29, 0.717) is 6.54 Å². The van der Waals surface area contributed by atoms with Crippen LogP contribution in [0.4, 0.5) is 0 Å². The van der Waals surface area contributed by atoms with Crippen molar-refractivity contribution in [2.24, 2.45) is 11.7 Å². The zero-order valence-corrected chi connectivity index (χ0v) is 12.3. The summed E-state index contributed by atoms with van der Waals surface area (Å²) in [6.45, 7) is 0.675. The normalized spacial score (nSPS) is 39.9. The van der Waals surface area contributed by atoms with Crippen LogP contribution in [-0.2, 0) is 9.53 Å². The molecule has 1 aliphatic carbocycles. The van der Waals surface area contributed by atoms with Gasteiger partial charge in [0.1, 0.15) is 6.10 Å². The predicted octanol–water partition coefficient (Wildman–Crippen LogP) is 0.472. The molecule has 0 radical (unpaired) electrons. The average molecular weight is 303 g/mol. The van der Waals surface area contributed by atoms with Crippen molar-refractivity contribution < 1.29 is 14.6 Å². The van der Waals surface area contributed by atoms with E-state index in [-0.39, 0.29) is 36.0 Å². The minimum absolute atomic E-state index is 0.0698. The lowest BCUT2D eigenvalue weighted by Gasteiger charge is -2.32. The number of likely N-dealkylation sites (tertiary alicyclic amines) is 1. The van der Waals surface area contributed by atoms with Crippen molar-refractivity contribution in [1.29, 1.82) is 0 Å². The Balaban J connectivity index is 1.69. The minimum Gasteiger partial charge on any atom is -0.388 e. The first-order valence-corrected chi connectivity index (χ1v) is 8.03. The third-order valence-electron chi connectivity index (χ3n) is 5.00. The molecule has 0 aromatic heterocycles. The molecule has 1 unspecified atom stereocenters. The third kappa shape index (κ3) is 2.45. The molecular formula is C14H23ClN2O3. The highest BCUT2D eigenvalue weighted by Crippen LogP contribution is 2.34. The zero-order valence-electron chi connectivity index (χ0n) is 11.6. The van der Waals surface area contributed by atoms with Gasteiger partial charge in [0.05, 0.1) is 30.2 Å². The Hall–Kier alpha value is -0.360. The van der Waals surface area contributed by atoms with E-state index in [1.54, 1.807) is 4.90 Å². The van der Waals surface area contributed by atoms with Crippen LogP contribution in [-0.4, -0.2) is 58.7 Å². The van der Waals surface area contributed by atoms with Crippen LogP contribution >= 0.6 is 11.6 Å². The number of fused-ring (bicyclic) bond motifs is 1. The second-order valence-corrected chi connectivity index (χ2v) is 6.85. The van der Waals surface area contributed by atoms with Crippen LogP contribution in [0.15, 0.2) is 0 Å². The first kappa shape index (κ1) is 14.6. The van der Waals surface area contributed by atoms with Gasteiger partial charge in [0.2, 0.25) is 5.91 Å². The molecule has 1 saturated carbocycles. The number of hydrogen-bond acceptors (Lipinski definition) is 4. The summed E-state index contributed by atoms with van der Waals surface area (Å²) in [6, 6.07) is -0.787. The molecule has 2 aliphatic heterocycles. The summed E-state index contributed by atoms with van der Waals surface area (Å²) in [5.41, 5.74) is 6.19. The average Bonchev–Trinajstić information content (AvgIpc) is 3.00. The number of aliphatic hydroxyl groups is 1. The van der Waals surface area contributed by atoms with E-state index < -0.39 is 12.1 Å². The number of amides is 1. The zero-order chi connectivity index (χ0) is 14.3. The van der Waals surface area contributed by atoms with Gasteiger partial charge >= 0.3 is 0 Å². The van der Waals surface area contributed by atoms with Crippen LogP contribution in [0.2, 0.25) is 0 Å². The minimum atomic E-state index is -0.647. The number of rotatable bonds is 2. The maximum atomic E-state index is 12.7. The van der Waals surface area contributed by atoms with E-state index in [1.807, 2.05) is 0 Å². The summed E-state index contributed by atoms with van der Waals surface area (Å²) in [4.78, 5) is 14.3. The molecule has 3 N–H and O–H groups in total. The quantitative estimate of drug-likeness (QED) is 0.727. The van der Waals surface area contributed by atoms with Crippen LogP contribution in [0.25, 0.3) is 0 Å². The molecule has 0 spiro atoms. The Morgan fingerprint density at radius 1 is 1.35 bits per heavy atom. The monoisotopic (exact) mass is 302 g/mol. The smallest absolute Gasteiger partial charge is 0.240 e. The summed E-state index contributed by atoms with van der Waals surface area (Å²) in [5, 5.41) is 9.76. The molecule has 0 bridgehead atoms. The number of carbonyl (C=O) groups excluding carboxylic acids is 1. The maximum Gasteiger partial charge on any atom is 0.240 e. The third-order valence-corrected chi connectivity index (χ3v) is 5.39. The Labute approximate surface area is 124 Å². The van der Waals surface area contributed by atoms with E-state index in [4.69, 9.17) is 22.1 Å². The molecule has 2 heterocycles. The van der Waals surface area contributed by atoms with E-state index >= 15 is 0 Å². The Kier molecular flexibility index (Phi) is 4.22. The van der Waals surface area contributed by atoms with Crippen LogP contribution in [0.5, 0.6) is 0 Å². The Morgan fingerprint density at radius 2 is 2.05 bits per heavy atom.